The molecule has 1 saturated heterocycles. The van der Waals surface area contributed by atoms with Crippen LogP contribution < -0.4 is 0 Å². The molecule has 2 aliphatic rings. The van der Waals surface area contributed by atoms with Gasteiger partial charge in [0.2, 0.25) is 0 Å². The lowest BCUT2D eigenvalue weighted by atomic mass is 10.1. The Morgan fingerprint density at radius 2 is 2.38 bits per heavy atom. The van der Waals surface area contributed by atoms with E-state index in [-0.39, 0.29) is 0 Å². The maximum atomic E-state index is 2.51. The second kappa shape index (κ2) is 1.47. The number of likely N-dealkylation sites (tertiary alicyclic amines) is 1. The van der Waals surface area contributed by atoms with Gasteiger partial charge >= 0.3 is 0 Å². The number of hydrogen-bond acceptors (Lipinski definition) is 1. The highest BCUT2D eigenvalue weighted by Crippen LogP contribution is 2.41. The number of nitrogens with zero attached hydrogens (tertiary/aromatic N) is 1. The summed E-state index contributed by atoms with van der Waals surface area (Å²) in [5.41, 5.74) is 0. The fraction of sp³-hybridized carbons (Fsp3) is 1.00. The first-order chi connectivity index (χ1) is 3.88. The van der Waals surface area contributed by atoms with Crippen molar-refractivity contribution in [1.82, 2.24) is 4.90 Å². The smallest absolute Gasteiger partial charge is 0.0124 e. The van der Waals surface area contributed by atoms with Gasteiger partial charge in [-0.2, -0.15) is 0 Å². The van der Waals surface area contributed by atoms with E-state index in [4.69, 9.17) is 0 Å². The van der Waals surface area contributed by atoms with Crippen molar-refractivity contribution in [3.63, 3.8) is 0 Å². The van der Waals surface area contributed by atoms with Gasteiger partial charge in [0.15, 0.2) is 0 Å². The normalized spacial score (nSPS) is 46.1. The van der Waals surface area contributed by atoms with Crippen LogP contribution in [0.5, 0.6) is 0 Å². The van der Waals surface area contributed by atoms with Gasteiger partial charge in [-0.05, 0) is 38.8 Å². The highest BCUT2D eigenvalue weighted by molar-refractivity contribution is 4.96. The molecule has 1 aliphatic heterocycles. The summed E-state index contributed by atoms with van der Waals surface area (Å²) in [5, 5.41) is 0. The topological polar surface area (TPSA) is 3.24 Å². The third-order valence-corrected chi connectivity index (χ3v) is 2.54. The van der Waals surface area contributed by atoms with Crippen LogP contribution in [0, 0.1) is 5.92 Å². The minimum absolute atomic E-state index is 1.00. The van der Waals surface area contributed by atoms with Crippen molar-refractivity contribution < 1.29 is 0 Å². The van der Waals surface area contributed by atoms with Gasteiger partial charge in [0, 0.05) is 6.04 Å². The van der Waals surface area contributed by atoms with E-state index in [2.05, 4.69) is 11.9 Å². The van der Waals surface area contributed by atoms with E-state index in [0.717, 1.165) is 12.0 Å². The van der Waals surface area contributed by atoms with E-state index in [1.807, 2.05) is 0 Å². The fourth-order valence-electron chi connectivity index (χ4n) is 1.85. The van der Waals surface area contributed by atoms with Crippen LogP contribution in [0.2, 0.25) is 0 Å². The van der Waals surface area contributed by atoms with Crippen molar-refractivity contribution in [2.24, 2.45) is 5.92 Å². The van der Waals surface area contributed by atoms with E-state index < -0.39 is 0 Å². The average molecular weight is 111 g/mol. The standard InChI is InChI=1S/C7H13N/c1-8-4-2-3-6-5-7(6)8/h6-7H,2-5H2,1H3/t6?,7-/m0/s1. The Bertz CT molecular complexity index is 101. The van der Waals surface area contributed by atoms with Crippen LogP contribution in [-0.4, -0.2) is 24.5 Å². The largest absolute Gasteiger partial charge is 0.303 e. The predicted octanol–water partition coefficient (Wildman–Crippen LogP) is 1.10. The highest BCUT2D eigenvalue weighted by Gasteiger charge is 2.41. The molecule has 46 valence electrons. The molecule has 2 fully saturated rings. The Labute approximate surface area is 50.7 Å². The molecule has 0 aromatic carbocycles. The van der Waals surface area contributed by atoms with Crippen LogP contribution in [0.15, 0.2) is 0 Å². The molecule has 0 bridgehead atoms. The Balaban J connectivity index is 1.99. The second-order valence-corrected chi connectivity index (χ2v) is 3.19. The summed E-state index contributed by atoms with van der Waals surface area (Å²) in [7, 11) is 2.25. The van der Waals surface area contributed by atoms with Crippen LogP contribution in [0.25, 0.3) is 0 Å². The van der Waals surface area contributed by atoms with Crippen LogP contribution in [0.3, 0.4) is 0 Å². The van der Waals surface area contributed by atoms with Gasteiger partial charge in [-0.3, -0.25) is 0 Å². The van der Waals surface area contributed by atoms with Gasteiger partial charge < -0.3 is 4.90 Å². The van der Waals surface area contributed by atoms with Crippen molar-refractivity contribution >= 4 is 0 Å². The van der Waals surface area contributed by atoms with Gasteiger partial charge in [0.1, 0.15) is 0 Å². The molecule has 2 rings (SSSR count). The second-order valence-electron chi connectivity index (χ2n) is 3.19. The molecule has 1 nitrogen and oxygen atoms in total. The Morgan fingerprint density at radius 1 is 1.50 bits per heavy atom. The molecule has 1 unspecified atom stereocenters. The van der Waals surface area contributed by atoms with Gasteiger partial charge in [0.05, 0.1) is 0 Å². The molecule has 1 saturated carbocycles. The number of piperidine rings is 1. The maximum Gasteiger partial charge on any atom is 0.0124 e. The molecular weight excluding hydrogens is 98.1 g/mol. The van der Waals surface area contributed by atoms with Crippen LogP contribution >= 0.6 is 0 Å². The molecule has 0 amide bonds. The third kappa shape index (κ3) is 0.576. The first kappa shape index (κ1) is 4.80. The lowest BCUT2D eigenvalue weighted by Gasteiger charge is -2.20. The molecule has 0 aromatic rings. The van der Waals surface area contributed by atoms with Crippen molar-refractivity contribution in [1.29, 1.82) is 0 Å². The first-order valence-electron chi connectivity index (χ1n) is 3.58. The molecular formula is C7H13N. The molecule has 0 aromatic heterocycles. The summed E-state index contributed by atoms with van der Waals surface area (Å²) < 4.78 is 0. The minimum atomic E-state index is 1.00. The summed E-state index contributed by atoms with van der Waals surface area (Å²) in [4.78, 5) is 2.51. The van der Waals surface area contributed by atoms with Crippen molar-refractivity contribution in [2.75, 3.05) is 13.6 Å². The monoisotopic (exact) mass is 111 g/mol. The van der Waals surface area contributed by atoms with Crippen LogP contribution in [0.1, 0.15) is 19.3 Å². The summed E-state index contributed by atoms with van der Waals surface area (Å²) in [6.07, 6.45) is 4.45. The summed E-state index contributed by atoms with van der Waals surface area (Å²) in [5.74, 6) is 1.11. The highest BCUT2D eigenvalue weighted by atomic mass is 15.2. The van der Waals surface area contributed by atoms with Crippen LogP contribution in [-0.2, 0) is 0 Å². The molecule has 0 radical (unpaired) electrons. The first-order valence-corrected chi connectivity index (χ1v) is 3.58. The number of rotatable bonds is 0. The third-order valence-electron chi connectivity index (χ3n) is 2.54. The Morgan fingerprint density at radius 3 is 3.00 bits per heavy atom. The molecule has 1 aliphatic carbocycles. The number of hydrogen-bond donors (Lipinski definition) is 0. The van der Waals surface area contributed by atoms with E-state index in [1.165, 1.54) is 25.8 Å². The number of fused-ring (bicyclic) bond motifs is 1. The summed E-state index contributed by atoms with van der Waals surface area (Å²) >= 11 is 0. The zero-order valence-corrected chi connectivity index (χ0v) is 5.43. The molecule has 1 heterocycles. The molecule has 0 N–H and O–H groups in total. The van der Waals surface area contributed by atoms with Crippen molar-refractivity contribution in [3.8, 4) is 0 Å². The van der Waals surface area contributed by atoms with Gasteiger partial charge in [-0.15, -0.1) is 0 Å². The Hall–Kier alpha value is -0.0400. The van der Waals surface area contributed by atoms with Gasteiger partial charge in [-0.25, -0.2) is 0 Å². The zero-order chi connectivity index (χ0) is 5.56. The summed E-state index contributed by atoms with van der Waals surface area (Å²) in [6, 6.07) is 1.00. The Kier molecular flexibility index (Phi) is 0.884. The minimum Gasteiger partial charge on any atom is -0.303 e. The van der Waals surface area contributed by atoms with Crippen LogP contribution in [0.4, 0.5) is 0 Å². The lowest BCUT2D eigenvalue weighted by Crippen LogP contribution is -2.26. The molecule has 0 spiro atoms. The molecule has 2 atom stereocenters. The fourth-order valence-corrected chi connectivity index (χ4v) is 1.85. The van der Waals surface area contributed by atoms with Gasteiger partial charge in [0.25, 0.3) is 0 Å². The maximum absolute atomic E-state index is 2.51. The quantitative estimate of drug-likeness (QED) is 0.452. The van der Waals surface area contributed by atoms with Crippen molar-refractivity contribution in [3.05, 3.63) is 0 Å². The van der Waals surface area contributed by atoms with E-state index in [0.29, 0.717) is 0 Å². The SMILES string of the molecule is CN1CCCC2C[C@@H]21. The van der Waals surface area contributed by atoms with Gasteiger partial charge in [-0.1, -0.05) is 0 Å². The molecule has 1 heteroatoms. The summed E-state index contributed by atoms with van der Waals surface area (Å²) in [6.45, 7) is 1.35. The molecule has 8 heavy (non-hydrogen) atoms. The van der Waals surface area contributed by atoms with E-state index in [9.17, 15) is 0 Å². The lowest BCUT2D eigenvalue weighted by molar-refractivity contribution is 0.263. The van der Waals surface area contributed by atoms with E-state index >= 15 is 0 Å². The zero-order valence-electron chi connectivity index (χ0n) is 5.43. The predicted molar refractivity (Wildman–Crippen MR) is 33.8 cm³/mol. The van der Waals surface area contributed by atoms with Crippen molar-refractivity contribution in [2.45, 2.75) is 25.3 Å². The van der Waals surface area contributed by atoms with E-state index in [1.54, 1.807) is 0 Å². The average Bonchev–Trinajstić information content (AvgIpc) is 2.45.